The molecule has 4 aliphatic heterocycles. The Morgan fingerprint density at radius 1 is 0.827 bits per heavy atom. The Labute approximate surface area is 305 Å². The predicted octanol–water partition coefficient (Wildman–Crippen LogP) is 3.67. The third-order valence-corrected chi connectivity index (χ3v) is 11.8. The van der Waals surface area contributed by atoms with Crippen LogP contribution in [0.3, 0.4) is 0 Å². The lowest BCUT2D eigenvalue weighted by Gasteiger charge is -2.58. The molecule has 1 N–H and O–H groups in total. The quantitative estimate of drug-likeness (QED) is 0.342. The number of nitrogens with one attached hydrogen (secondary N) is 1. The minimum Gasteiger partial charge on any atom is -0.444 e. The Morgan fingerprint density at radius 3 is 2.06 bits per heavy atom. The highest BCUT2D eigenvalue weighted by Crippen LogP contribution is 2.33. The lowest BCUT2D eigenvalue weighted by molar-refractivity contribution is -0.0891. The van der Waals surface area contributed by atoms with Gasteiger partial charge in [-0.3, -0.25) is 28.9 Å². The van der Waals surface area contributed by atoms with Gasteiger partial charge in [0, 0.05) is 101 Å². The van der Waals surface area contributed by atoms with Gasteiger partial charge in [-0.15, -0.1) is 0 Å². The van der Waals surface area contributed by atoms with Crippen molar-refractivity contribution in [3.05, 3.63) is 46.0 Å². The summed E-state index contributed by atoms with van der Waals surface area (Å²) in [5.74, 6) is 0.783. The Balaban J connectivity index is 0.808. The van der Waals surface area contributed by atoms with Crippen molar-refractivity contribution in [1.82, 2.24) is 39.1 Å². The van der Waals surface area contributed by atoms with Crippen molar-refractivity contribution in [2.75, 3.05) is 75.7 Å². The SMILES string of the molecule is CC(=O)c1c(C)c2cnc(Nc3ccc(N4CCN(C5CN(C6CN(C7CN(C(=O)OC(C)(C)C)C7)C6)C5)CC4)cn3)nc2n(C2CCCC2)c1=O. The number of amides is 1. The average molecular weight is 713 g/mol. The molecule has 14 nitrogen and oxygen atoms in total. The van der Waals surface area contributed by atoms with Crippen molar-refractivity contribution in [2.45, 2.75) is 90.1 Å². The van der Waals surface area contributed by atoms with E-state index in [1.165, 1.54) is 6.92 Å². The fourth-order valence-corrected chi connectivity index (χ4v) is 8.61. The van der Waals surface area contributed by atoms with Crippen molar-refractivity contribution >= 4 is 40.4 Å². The van der Waals surface area contributed by atoms with Gasteiger partial charge in [0.1, 0.15) is 17.1 Å². The Morgan fingerprint density at radius 2 is 1.46 bits per heavy atom. The summed E-state index contributed by atoms with van der Waals surface area (Å²) in [5.41, 5.74) is 1.83. The number of carbonyl (C=O) groups excluding carboxylic acids is 2. The molecule has 5 fully saturated rings. The molecule has 0 atom stereocenters. The zero-order valence-corrected chi connectivity index (χ0v) is 31.2. The van der Waals surface area contributed by atoms with Crippen LogP contribution in [0.4, 0.5) is 22.2 Å². The summed E-state index contributed by atoms with van der Waals surface area (Å²) in [5, 5.41) is 3.97. The summed E-state index contributed by atoms with van der Waals surface area (Å²) in [7, 11) is 0. The molecule has 1 saturated carbocycles. The average Bonchev–Trinajstić information content (AvgIpc) is 3.56. The summed E-state index contributed by atoms with van der Waals surface area (Å²) in [6.07, 6.45) is 7.34. The van der Waals surface area contributed by atoms with Crippen LogP contribution in [0.1, 0.15) is 75.3 Å². The van der Waals surface area contributed by atoms with Gasteiger partial charge in [0.25, 0.3) is 5.56 Å². The monoisotopic (exact) mass is 712 g/mol. The van der Waals surface area contributed by atoms with Crippen LogP contribution in [-0.4, -0.2) is 140 Å². The van der Waals surface area contributed by atoms with E-state index >= 15 is 0 Å². The number of carbonyl (C=O) groups is 2. The molecule has 0 unspecified atom stereocenters. The van der Waals surface area contributed by atoms with Crippen molar-refractivity contribution in [3.8, 4) is 0 Å². The molecule has 1 amide bonds. The summed E-state index contributed by atoms with van der Waals surface area (Å²) < 4.78 is 7.23. The number of hydrogen-bond acceptors (Lipinski definition) is 12. The van der Waals surface area contributed by atoms with Crippen LogP contribution in [-0.2, 0) is 4.74 Å². The molecular formula is C38H52N10O4. The van der Waals surface area contributed by atoms with E-state index in [0.29, 0.717) is 41.1 Å². The topological polar surface area (TPSA) is 132 Å². The molecule has 0 aromatic carbocycles. The number of fused-ring (bicyclic) bond motifs is 1. The first kappa shape index (κ1) is 34.9. The van der Waals surface area contributed by atoms with Gasteiger partial charge in [0.15, 0.2) is 5.78 Å². The second-order valence-electron chi connectivity index (χ2n) is 16.4. The first-order valence-corrected chi connectivity index (χ1v) is 19.0. The molecule has 8 rings (SSSR count). The number of aryl methyl sites for hydroxylation is 1. The predicted molar refractivity (Wildman–Crippen MR) is 200 cm³/mol. The number of rotatable bonds is 8. The maximum absolute atomic E-state index is 13.5. The van der Waals surface area contributed by atoms with Crippen molar-refractivity contribution in [2.24, 2.45) is 0 Å². The molecule has 5 aliphatic rings. The molecule has 3 aromatic rings. The number of ketones is 1. The van der Waals surface area contributed by atoms with E-state index in [1.807, 2.05) is 37.9 Å². The third kappa shape index (κ3) is 6.76. The molecule has 7 heterocycles. The van der Waals surface area contributed by atoms with Gasteiger partial charge >= 0.3 is 6.09 Å². The zero-order chi connectivity index (χ0) is 36.3. The minimum atomic E-state index is -0.447. The highest BCUT2D eigenvalue weighted by Gasteiger charge is 2.46. The first-order chi connectivity index (χ1) is 24.9. The van der Waals surface area contributed by atoms with Gasteiger partial charge in [-0.1, -0.05) is 12.8 Å². The summed E-state index contributed by atoms with van der Waals surface area (Å²) in [6.45, 7) is 19.0. The summed E-state index contributed by atoms with van der Waals surface area (Å²) in [4.78, 5) is 64.3. The fourth-order valence-electron chi connectivity index (χ4n) is 8.61. The van der Waals surface area contributed by atoms with Gasteiger partial charge in [0.05, 0.1) is 17.4 Å². The van der Waals surface area contributed by atoms with Gasteiger partial charge in [-0.2, -0.15) is 4.98 Å². The standard InChI is InChI=1S/C38H52N10O4/c1-24-31-17-40-36(42-34(31)48(26-8-6-7-9-26)35(50)33(24)25(2)49)41-32-11-10-27(16-39-32)43-12-14-44(15-13-43)28-18-45(19-28)29-20-46(21-29)30-22-47(23-30)37(51)52-38(3,4)5/h10-11,16-17,26,28-30H,6-9,12-15,18-23H2,1-5H3,(H,39,40,41,42). The molecule has 278 valence electrons. The number of pyridine rings is 2. The van der Waals surface area contributed by atoms with E-state index in [9.17, 15) is 14.4 Å². The van der Waals surface area contributed by atoms with Crippen LogP contribution < -0.4 is 15.8 Å². The molecule has 0 bridgehead atoms. The van der Waals surface area contributed by atoms with Gasteiger partial charge in [-0.05, 0) is 65.2 Å². The zero-order valence-electron chi connectivity index (χ0n) is 31.2. The molecule has 1 aliphatic carbocycles. The number of ether oxygens (including phenoxy) is 1. The van der Waals surface area contributed by atoms with Crippen LogP contribution in [0.25, 0.3) is 11.0 Å². The Kier molecular flexibility index (Phi) is 9.19. The number of anilines is 3. The van der Waals surface area contributed by atoms with Crippen LogP contribution in [0.5, 0.6) is 0 Å². The molecule has 52 heavy (non-hydrogen) atoms. The van der Waals surface area contributed by atoms with E-state index < -0.39 is 5.60 Å². The van der Waals surface area contributed by atoms with Crippen molar-refractivity contribution < 1.29 is 14.3 Å². The number of nitrogens with zero attached hydrogens (tertiary/aromatic N) is 9. The van der Waals surface area contributed by atoms with Crippen molar-refractivity contribution in [1.29, 1.82) is 0 Å². The van der Waals surface area contributed by atoms with Crippen LogP contribution >= 0.6 is 0 Å². The van der Waals surface area contributed by atoms with E-state index in [0.717, 1.165) is 102 Å². The fraction of sp³-hybridized carbons (Fsp3) is 0.632. The molecule has 0 spiro atoms. The lowest BCUT2D eigenvalue weighted by atomic mass is 9.94. The molecule has 4 saturated heterocycles. The summed E-state index contributed by atoms with van der Waals surface area (Å²) in [6, 6.07) is 5.80. The Hall–Kier alpha value is -4.14. The van der Waals surface area contributed by atoms with Crippen LogP contribution in [0.2, 0.25) is 0 Å². The third-order valence-electron chi connectivity index (χ3n) is 11.8. The number of piperazine rings is 1. The highest BCUT2D eigenvalue weighted by molar-refractivity contribution is 5.99. The number of likely N-dealkylation sites (tertiary alicyclic amines) is 3. The lowest BCUT2D eigenvalue weighted by Crippen LogP contribution is -2.74. The largest absolute Gasteiger partial charge is 0.444 e. The van der Waals surface area contributed by atoms with Gasteiger partial charge < -0.3 is 19.9 Å². The van der Waals surface area contributed by atoms with Crippen LogP contribution in [0.15, 0.2) is 29.3 Å². The van der Waals surface area contributed by atoms with E-state index in [4.69, 9.17) is 9.72 Å². The second-order valence-corrected chi connectivity index (χ2v) is 16.4. The highest BCUT2D eigenvalue weighted by atomic mass is 16.6. The van der Waals surface area contributed by atoms with Gasteiger partial charge in [-0.25, -0.2) is 14.8 Å². The van der Waals surface area contributed by atoms with E-state index in [-0.39, 0.29) is 29.0 Å². The van der Waals surface area contributed by atoms with Gasteiger partial charge in [0.2, 0.25) is 5.95 Å². The first-order valence-electron chi connectivity index (χ1n) is 19.0. The van der Waals surface area contributed by atoms with Crippen LogP contribution in [0, 0.1) is 6.92 Å². The smallest absolute Gasteiger partial charge is 0.410 e. The molecule has 3 aromatic heterocycles. The summed E-state index contributed by atoms with van der Waals surface area (Å²) >= 11 is 0. The van der Waals surface area contributed by atoms with Crippen molar-refractivity contribution in [3.63, 3.8) is 0 Å². The molecule has 0 radical (unpaired) electrons. The normalized spacial score (nSPS) is 21.6. The maximum atomic E-state index is 13.5. The molecule has 14 heteroatoms. The maximum Gasteiger partial charge on any atom is 0.410 e. The number of aromatic nitrogens is 4. The second kappa shape index (κ2) is 13.7. The molecular weight excluding hydrogens is 660 g/mol. The minimum absolute atomic E-state index is 0.0323. The van der Waals surface area contributed by atoms with E-state index in [2.05, 4.69) is 41.0 Å². The number of Topliss-reactive ketones (excluding diaryl/α,β-unsaturated/α-hetero) is 1. The van der Waals surface area contributed by atoms with E-state index in [1.54, 1.807) is 17.7 Å². The number of hydrogen-bond donors (Lipinski definition) is 1. The Bertz CT molecular complexity index is 1880.